The van der Waals surface area contributed by atoms with E-state index in [4.69, 9.17) is 5.11 Å². The molecule has 142 valence electrons. The number of nitrogens with one attached hydrogen (secondary N) is 1. The van der Waals surface area contributed by atoms with Crippen LogP contribution in [0.4, 0.5) is 5.69 Å². The maximum absolute atomic E-state index is 12.4. The number of carbonyl (C=O) groups is 2. The molecule has 0 unspecified atom stereocenters. The highest BCUT2D eigenvalue weighted by Crippen LogP contribution is 2.26. The molecule has 0 aliphatic carbocycles. The molecular formula is C19H20N2O5S. The zero-order chi connectivity index (χ0) is 19.6. The number of hydrogen-bond acceptors (Lipinski definition) is 4. The van der Waals surface area contributed by atoms with Crippen LogP contribution >= 0.6 is 0 Å². The van der Waals surface area contributed by atoms with Crippen molar-refractivity contribution in [2.75, 3.05) is 16.6 Å². The summed E-state index contributed by atoms with van der Waals surface area (Å²) in [7, 11) is -3.25. The molecule has 0 radical (unpaired) electrons. The minimum atomic E-state index is -3.25. The minimum absolute atomic E-state index is 0.148. The lowest BCUT2D eigenvalue weighted by molar-refractivity contribution is 0.0696. The number of hydrogen-bond donors (Lipinski definition) is 2. The average Bonchev–Trinajstić information content (AvgIpc) is 2.99. The Kier molecular flexibility index (Phi) is 5.18. The summed E-state index contributed by atoms with van der Waals surface area (Å²) in [6.07, 6.45) is 0.601. The Hall–Kier alpha value is -2.87. The van der Waals surface area contributed by atoms with Gasteiger partial charge in [0.2, 0.25) is 10.0 Å². The lowest BCUT2D eigenvalue weighted by Gasteiger charge is -2.18. The molecule has 1 aliphatic rings. The van der Waals surface area contributed by atoms with E-state index in [1.165, 1.54) is 16.4 Å². The van der Waals surface area contributed by atoms with Crippen LogP contribution in [0.5, 0.6) is 0 Å². The molecule has 1 amide bonds. The second kappa shape index (κ2) is 7.40. The highest BCUT2D eigenvalue weighted by Gasteiger charge is 2.28. The number of benzene rings is 2. The number of carbonyl (C=O) groups excluding carboxylic acids is 1. The van der Waals surface area contributed by atoms with Gasteiger partial charge in [-0.25, -0.2) is 13.2 Å². The van der Waals surface area contributed by atoms with Gasteiger partial charge in [0.25, 0.3) is 5.91 Å². The highest BCUT2D eigenvalue weighted by molar-refractivity contribution is 7.93. The number of rotatable bonds is 5. The van der Waals surface area contributed by atoms with Gasteiger partial charge in [-0.05, 0) is 54.8 Å². The molecule has 0 spiro atoms. The number of aryl methyl sites for hydroxylation is 1. The molecule has 2 aromatic rings. The molecular weight excluding hydrogens is 368 g/mol. The molecule has 1 heterocycles. The Morgan fingerprint density at radius 3 is 2.41 bits per heavy atom. The second-order valence-corrected chi connectivity index (χ2v) is 8.44. The predicted molar refractivity (Wildman–Crippen MR) is 102 cm³/mol. The zero-order valence-corrected chi connectivity index (χ0v) is 15.6. The molecule has 0 saturated carbocycles. The van der Waals surface area contributed by atoms with Crippen LogP contribution in [0.1, 0.15) is 38.3 Å². The third-order valence-corrected chi connectivity index (χ3v) is 6.37. The van der Waals surface area contributed by atoms with Crippen molar-refractivity contribution in [2.45, 2.75) is 19.9 Å². The first-order chi connectivity index (χ1) is 12.8. The van der Waals surface area contributed by atoms with Crippen molar-refractivity contribution in [1.82, 2.24) is 5.32 Å². The fourth-order valence-corrected chi connectivity index (χ4v) is 4.59. The number of carboxylic acids is 1. The molecule has 2 N–H and O–H groups in total. The van der Waals surface area contributed by atoms with E-state index in [0.717, 1.165) is 5.56 Å². The summed E-state index contributed by atoms with van der Waals surface area (Å²) >= 11 is 0. The van der Waals surface area contributed by atoms with Crippen LogP contribution in [0.2, 0.25) is 0 Å². The number of carboxylic acid groups (broad SMARTS) is 1. The predicted octanol–water partition coefficient (Wildman–Crippen LogP) is 2.16. The van der Waals surface area contributed by atoms with Crippen LogP contribution in [-0.2, 0) is 16.6 Å². The van der Waals surface area contributed by atoms with E-state index in [1.54, 1.807) is 37.3 Å². The maximum Gasteiger partial charge on any atom is 0.335 e. The summed E-state index contributed by atoms with van der Waals surface area (Å²) in [5.74, 6) is -1.12. The van der Waals surface area contributed by atoms with Crippen molar-refractivity contribution in [3.8, 4) is 0 Å². The summed E-state index contributed by atoms with van der Waals surface area (Å²) in [4.78, 5) is 23.3. The lowest BCUT2D eigenvalue weighted by Crippen LogP contribution is -2.26. The van der Waals surface area contributed by atoms with Crippen LogP contribution in [0.15, 0.2) is 42.5 Å². The first-order valence-electron chi connectivity index (χ1n) is 8.49. The van der Waals surface area contributed by atoms with Gasteiger partial charge in [0, 0.05) is 18.7 Å². The van der Waals surface area contributed by atoms with E-state index in [9.17, 15) is 18.0 Å². The molecule has 1 saturated heterocycles. The summed E-state index contributed by atoms with van der Waals surface area (Å²) < 4.78 is 25.4. The monoisotopic (exact) mass is 388 g/mol. The van der Waals surface area contributed by atoms with Crippen LogP contribution in [0, 0.1) is 6.92 Å². The van der Waals surface area contributed by atoms with E-state index >= 15 is 0 Å². The highest BCUT2D eigenvalue weighted by atomic mass is 32.2. The van der Waals surface area contributed by atoms with E-state index in [0.29, 0.717) is 29.8 Å². The number of anilines is 1. The summed E-state index contributed by atoms with van der Waals surface area (Å²) in [5.41, 5.74) is 2.70. The van der Waals surface area contributed by atoms with Crippen molar-refractivity contribution in [2.24, 2.45) is 0 Å². The van der Waals surface area contributed by atoms with Gasteiger partial charge < -0.3 is 10.4 Å². The Morgan fingerprint density at radius 1 is 1.15 bits per heavy atom. The number of amides is 1. The van der Waals surface area contributed by atoms with Crippen LogP contribution in [0.25, 0.3) is 0 Å². The average molecular weight is 388 g/mol. The van der Waals surface area contributed by atoms with E-state index < -0.39 is 16.0 Å². The number of nitrogens with zero attached hydrogens (tertiary/aromatic N) is 1. The van der Waals surface area contributed by atoms with E-state index in [2.05, 4.69) is 5.32 Å². The molecule has 0 aromatic heterocycles. The first-order valence-corrected chi connectivity index (χ1v) is 10.1. The van der Waals surface area contributed by atoms with Gasteiger partial charge in [0.1, 0.15) is 0 Å². The van der Waals surface area contributed by atoms with Crippen molar-refractivity contribution in [3.05, 3.63) is 64.7 Å². The summed E-state index contributed by atoms with van der Waals surface area (Å²) in [6, 6.07) is 11.3. The minimum Gasteiger partial charge on any atom is -0.478 e. The van der Waals surface area contributed by atoms with Gasteiger partial charge in [-0.15, -0.1) is 0 Å². The third-order valence-electron chi connectivity index (χ3n) is 4.50. The van der Waals surface area contributed by atoms with Crippen LogP contribution < -0.4 is 9.62 Å². The van der Waals surface area contributed by atoms with E-state index in [-0.39, 0.29) is 23.8 Å². The summed E-state index contributed by atoms with van der Waals surface area (Å²) in [6.45, 7) is 2.49. The Morgan fingerprint density at radius 2 is 1.85 bits per heavy atom. The van der Waals surface area contributed by atoms with Crippen LogP contribution in [-0.4, -0.2) is 37.7 Å². The molecule has 27 heavy (non-hydrogen) atoms. The first kappa shape index (κ1) is 18.9. The SMILES string of the molecule is Cc1cc(N2CCCS2(=O)=O)ccc1C(=O)NCc1ccc(C(=O)O)cc1. The number of sulfonamides is 1. The maximum atomic E-state index is 12.4. The smallest absolute Gasteiger partial charge is 0.335 e. The van der Waals surface area contributed by atoms with Gasteiger partial charge >= 0.3 is 5.97 Å². The fraction of sp³-hybridized carbons (Fsp3) is 0.263. The van der Waals surface area contributed by atoms with Crippen LogP contribution in [0.3, 0.4) is 0 Å². The van der Waals surface area contributed by atoms with Gasteiger partial charge in [-0.2, -0.15) is 0 Å². The Balaban J connectivity index is 1.69. The van der Waals surface area contributed by atoms with Gasteiger partial charge in [-0.3, -0.25) is 9.10 Å². The number of aromatic carboxylic acids is 1. The summed E-state index contributed by atoms with van der Waals surface area (Å²) in [5, 5.41) is 11.7. The Bertz CT molecular complexity index is 984. The van der Waals surface area contributed by atoms with E-state index in [1.807, 2.05) is 0 Å². The standard InChI is InChI=1S/C19H20N2O5S/c1-13-11-16(21-9-2-10-27(21,25)26)7-8-17(13)18(22)20-12-14-3-5-15(6-4-14)19(23)24/h3-8,11H,2,9-10,12H2,1H3,(H,20,22)(H,23,24). The van der Waals surface area contributed by atoms with Crippen molar-refractivity contribution in [1.29, 1.82) is 0 Å². The largest absolute Gasteiger partial charge is 0.478 e. The van der Waals surface area contributed by atoms with Gasteiger partial charge in [0.05, 0.1) is 17.0 Å². The zero-order valence-electron chi connectivity index (χ0n) is 14.8. The van der Waals surface area contributed by atoms with Crippen molar-refractivity contribution >= 4 is 27.6 Å². The molecule has 1 fully saturated rings. The van der Waals surface area contributed by atoms with Crippen molar-refractivity contribution in [3.63, 3.8) is 0 Å². The molecule has 8 heteroatoms. The van der Waals surface area contributed by atoms with Gasteiger partial charge in [0.15, 0.2) is 0 Å². The molecule has 3 rings (SSSR count). The molecule has 1 aliphatic heterocycles. The molecule has 7 nitrogen and oxygen atoms in total. The molecule has 2 aromatic carbocycles. The van der Waals surface area contributed by atoms with Gasteiger partial charge in [-0.1, -0.05) is 12.1 Å². The normalized spacial score (nSPS) is 15.5. The van der Waals surface area contributed by atoms with Crippen molar-refractivity contribution < 1.29 is 23.1 Å². The molecule has 0 atom stereocenters. The Labute approximate surface area is 157 Å². The fourth-order valence-electron chi connectivity index (χ4n) is 3.03. The molecule has 0 bridgehead atoms. The topological polar surface area (TPSA) is 104 Å². The third kappa shape index (κ3) is 4.11. The second-order valence-electron chi connectivity index (χ2n) is 6.43. The quantitative estimate of drug-likeness (QED) is 0.817. The lowest BCUT2D eigenvalue weighted by atomic mass is 10.1.